The molecule has 0 saturated heterocycles. The minimum absolute atomic E-state index is 0. The van der Waals surface area contributed by atoms with Gasteiger partial charge in [-0.2, -0.15) is 0 Å². The Balaban J connectivity index is -0.000000264. The Morgan fingerprint density at radius 3 is 0.905 bits per heavy atom. The molecule has 0 radical (unpaired) electrons. The van der Waals surface area contributed by atoms with Crippen molar-refractivity contribution in [1.82, 2.24) is 0 Å². The first-order chi connectivity index (χ1) is 19.3. The van der Waals surface area contributed by atoms with Crippen LogP contribution in [0.2, 0.25) is 0 Å². The summed E-state index contributed by atoms with van der Waals surface area (Å²) in [5.74, 6) is -1.81. The summed E-state index contributed by atoms with van der Waals surface area (Å²) in [6, 6.07) is 0.562. The third-order valence-electron chi connectivity index (χ3n) is 7.84. The summed E-state index contributed by atoms with van der Waals surface area (Å²) in [5, 5.41) is 20.3. The van der Waals surface area contributed by atoms with Crippen molar-refractivity contribution in [2.24, 2.45) is 11.5 Å². The largest absolute Gasteiger partial charge is 2.00 e. The van der Waals surface area contributed by atoms with Crippen LogP contribution in [0.4, 0.5) is 0 Å². The van der Waals surface area contributed by atoms with E-state index in [-0.39, 0.29) is 51.5 Å². The molecule has 0 aromatic rings. The average molecular weight is 782 g/mol. The minimum atomic E-state index is -0.907. The Hall–Kier alpha value is -0.492. The van der Waals surface area contributed by atoms with Gasteiger partial charge >= 0.3 is 21.1 Å². The number of carbonyl (C=O) groups is 2. The molecule has 1 aliphatic rings. The summed E-state index contributed by atoms with van der Waals surface area (Å²) in [4.78, 5) is 20.3. The first-order valence-corrected chi connectivity index (χ1v) is 17.3. The zero-order chi connectivity index (χ0) is 30.1. The quantitative estimate of drug-likeness (QED) is 0.110. The summed E-state index contributed by atoms with van der Waals surface area (Å²) in [6.45, 7) is 4.49. The number of carboxylic acids is 2. The SMILES string of the molecule is CCCCCCCCCCCCCC(=O)[O-].CCCCCCCCCCCCCC(=O)[O-].N[C@@H]1CCCC[C@H]1N.O.[Pt+2]. The van der Waals surface area contributed by atoms with Gasteiger partial charge in [0, 0.05) is 24.0 Å². The molecule has 256 valence electrons. The summed E-state index contributed by atoms with van der Waals surface area (Å²) >= 11 is 0. The molecule has 0 amide bonds. The molecule has 0 unspecified atom stereocenters. The second-order valence-electron chi connectivity index (χ2n) is 11.9. The third-order valence-corrected chi connectivity index (χ3v) is 7.84. The van der Waals surface area contributed by atoms with Crippen molar-refractivity contribution >= 4 is 11.9 Å². The predicted molar refractivity (Wildman–Crippen MR) is 170 cm³/mol. The molecule has 1 fully saturated rings. The molecule has 0 aromatic carbocycles. The van der Waals surface area contributed by atoms with Gasteiger partial charge in [0.1, 0.15) is 0 Å². The number of rotatable bonds is 24. The van der Waals surface area contributed by atoms with Gasteiger partial charge in [0.2, 0.25) is 0 Å². The Morgan fingerprint density at radius 1 is 0.500 bits per heavy atom. The van der Waals surface area contributed by atoms with Gasteiger partial charge in [0.25, 0.3) is 0 Å². The van der Waals surface area contributed by atoms with Crippen molar-refractivity contribution in [2.45, 2.75) is 206 Å². The Labute approximate surface area is 274 Å². The van der Waals surface area contributed by atoms with Crippen LogP contribution in [0.15, 0.2) is 0 Å². The van der Waals surface area contributed by atoms with Crippen LogP contribution in [0.1, 0.15) is 194 Å². The van der Waals surface area contributed by atoms with Crippen LogP contribution >= 0.6 is 0 Å². The smallest absolute Gasteiger partial charge is 0.550 e. The number of unbranched alkanes of at least 4 members (excludes halogenated alkanes) is 20. The van der Waals surface area contributed by atoms with Crippen LogP contribution in [-0.2, 0) is 30.7 Å². The number of carbonyl (C=O) groups excluding carboxylic acids is 2. The van der Waals surface area contributed by atoms with Gasteiger partial charge in [0.15, 0.2) is 0 Å². The van der Waals surface area contributed by atoms with Gasteiger partial charge < -0.3 is 36.7 Å². The zero-order valence-corrected chi connectivity index (χ0v) is 29.8. The molecular formula is C34H70N2O5Pt. The van der Waals surface area contributed by atoms with E-state index in [4.69, 9.17) is 11.5 Å². The van der Waals surface area contributed by atoms with Gasteiger partial charge in [-0.15, -0.1) is 0 Å². The summed E-state index contributed by atoms with van der Waals surface area (Å²) in [6.07, 6.45) is 32.9. The van der Waals surface area contributed by atoms with Crippen LogP contribution in [0.25, 0.3) is 0 Å². The average Bonchev–Trinajstić information content (AvgIpc) is 2.92. The molecule has 42 heavy (non-hydrogen) atoms. The number of carboxylic acid groups (broad SMARTS) is 2. The maximum atomic E-state index is 10.1. The Morgan fingerprint density at radius 2 is 0.714 bits per heavy atom. The molecule has 1 aliphatic carbocycles. The van der Waals surface area contributed by atoms with Crippen molar-refractivity contribution in [2.75, 3.05) is 0 Å². The molecule has 0 aromatic heterocycles. The van der Waals surface area contributed by atoms with Gasteiger partial charge in [0.05, 0.1) is 0 Å². The van der Waals surface area contributed by atoms with E-state index in [2.05, 4.69) is 13.8 Å². The van der Waals surface area contributed by atoms with E-state index in [1.165, 1.54) is 128 Å². The number of hydrogen-bond donors (Lipinski definition) is 2. The normalized spacial score (nSPS) is 15.6. The Kier molecular flexibility index (Phi) is 46.7. The molecule has 2 atom stereocenters. The topological polar surface area (TPSA) is 164 Å². The zero-order valence-electron chi connectivity index (χ0n) is 27.6. The second-order valence-corrected chi connectivity index (χ2v) is 11.9. The van der Waals surface area contributed by atoms with E-state index in [0.29, 0.717) is 0 Å². The van der Waals surface area contributed by atoms with E-state index in [9.17, 15) is 19.8 Å². The fourth-order valence-electron chi connectivity index (χ4n) is 5.06. The van der Waals surface area contributed by atoms with E-state index in [1.54, 1.807) is 0 Å². The van der Waals surface area contributed by atoms with E-state index in [0.717, 1.165) is 38.5 Å². The number of hydrogen-bond acceptors (Lipinski definition) is 6. The fourth-order valence-corrected chi connectivity index (χ4v) is 5.06. The maximum absolute atomic E-state index is 10.1. The van der Waals surface area contributed by atoms with Gasteiger partial charge in [-0.1, -0.05) is 155 Å². The molecule has 8 heteroatoms. The predicted octanol–water partition coefficient (Wildman–Crippen LogP) is 6.26. The molecular weight excluding hydrogens is 711 g/mol. The fraction of sp³-hybridized carbons (Fsp3) is 0.941. The van der Waals surface area contributed by atoms with Gasteiger partial charge in [-0.3, -0.25) is 0 Å². The van der Waals surface area contributed by atoms with Gasteiger partial charge in [-0.05, 0) is 38.5 Å². The molecule has 0 bridgehead atoms. The Bertz CT molecular complexity index is 494. The van der Waals surface area contributed by atoms with Crippen molar-refractivity contribution < 1.29 is 46.3 Å². The molecule has 0 aliphatic heterocycles. The number of nitrogens with two attached hydrogens (primary N) is 2. The first-order valence-electron chi connectivity index (χ1n) is 17.3. The molecule has 1 saturated carbocycles. The maximum Gasteiger partial charge on any atom is 2.00 e. The molecule has 0 spiro atoms. The molecule has 1 rings (SSSR count). The van der Waals surface area contributed by atoms with Crippen LogP contribution in [-0.4, -0.2) is 29.5 Å². The van der Waals surface area contributed by atoms with E-state index >= 15 is 0 Å². The van der Waals surface area contributed by atoms with Crippen LogP contribution in [0, 0.1) is 0 Å². The van der Waals surface area contributed by atoms with Crippen LogP contribution in [0.3, 0.4) is 0 Å². The van der Waals surface area contributed by atoms with Crippen molar-refractivity contribution in [1.29, 1.82) is 0 Å². The summed E-state index contributed by atoms with van der Waals surface area (Å²) in [7, 11) is 0. The minimum Gasteiger partial charge on any atom is -0.550 e. The number of aliphatic carboxylic acids is 2. The van der Waals surface area contributed by atoms with E-state index < -0.39 is 11.9 Å². The monoisotopic (exact) mass is 781 g/mol. The van der Waals surface area contributed by atoms with Crippen molar-refractivity contribution in [3.8, 4) is 0 Å². The molecule has 6 N–H and O–H groups in total. The van der Waals surface area contributed by atoms with Gasteiger partial charge in [-0.25, -0.2) is 0 Å². The summed E-state index contributed by atoms with van der Waals surface area (Å²) < 4.78 is 0. The van der Waals surface area contributed by atoms with E-state index in [1.807, 2.05) is 0 Å². The van der Waals surface area contributed by atoms with Crippen molar-refractivity contribution in [3.63, 3.8) is 0 Å². The third kappa shape index (κ3) is 44.0. The molecule has 7 nitrogen and oxygen atoms in total. The molecule has 0 heterocycles. The standard InChI is InChI=1S/2C14H28O2.C6H14N2.H2O.Pt/c2*1-2-3-4-5-6-7-8-9-10-11-12-13-14(15)16;7-5-3-1-2-4-6(5)8;;/h2*2-13H2,1H3,(H,15,16);5-6H,1-4,7-8H2;1H2;/q;;;;+2/p-2/t;;5-,6-;;/m..1../s1. The van der Waals surface area contributed by atoms with Crippen LogP contribution < -0.4 is 21.7 Å². The second kappa shape index (κ2) is 40.5. The van der Waals surface area contributed by atoms with Crippen molar-refractivity contribution in [3.05, 3.63) is 0 Å². The van der Waals surface area contributed by atoms with Crippen LogP contribution in [0.5, 0.6) is 0 Å². The first kappa shape index (κ1) is 48.4. The summed E-state index contributed by atoms with van der Waals surface area (Å²) in [5.41, 5.74) is 11.3.